The standard InChI is InChI=1S/C22H22F3N3OS2/c1-14-2-7-19(31-14)20(29)26-17-8-10-28(11-9-17)12-18-13-30-21(27-18)15-3-5-16(6-4-15)22(23,24)25/h2-7,13,17H,8-12H2,1H3,(H,26,29). The normalized spacial score (nSPS) is 15.9. The van der Waals surface area contributed by atoms with Gasteiger partial charge in [-0.1, -0.05) is 12.1 Å². The summed E-state index contributed by atoms with van der Waals surface area (Å²) in [6.45, 7) is 4.41. The number of likely N-dealkylation sites (tertiary alicyclic amines) is 1. The van der Waals surface area contributed by atoms with E-state index in [1.54, 1.807) is 0 Å². The molecule has 0 saturated carbocycles. The number of hydrogen-bond acceptors (Lipinski definition) is 5. The number of aryl methyl sites for hydroxylation is 1. The summed E-state index contributed by atoms with van der Waals surface area (Å²) < 4.78 is 38.2. The summed E-state index contributed by atoms with van der Waals surface area (Å²) in [5.41, 5.74) is 0.947. The van der Waals surface area contributed by atoms with E-state index in [-0.39, 0.29) is 11.9 Å². The van der Waals surface area contributed by atoms with Gasteiger partial charge in [-0.3, -0.25) is 9.69 Å². The van der Waals surface area contributed by atoms with Crippen LogP contribution in [0.3, 0.4) is 0 Å². The van der Waals surface area contributed by atoms with Gasteiger partial charge < -0.3 is 5.32 Å². The van der Waals surface area contributed by atoms with Crippen LogP contribution in [-0.2, 0) is 12.7 Å². The SMILES string of the molecule is Cc1ccc(C(=O)NC2CCN(Cc3csc(-c4ccc(C(F)(F)F)cc4)n3)CC2)s1. The molecule has 1 aliphatic rings. The number of carbonyl (C=O) groups is 1. The molecule has 4 rings (SSSR count). The van der Waals surface area contributed by atoms with Crippen molar-refractivity contribution in [1.29, 1.82) is 0 Å². The highest BCUT2D eigenvalue weighted by atomic mass is 32.1. The van der Waals surface area contributed by atoms with E-state index < -0.39 is 11.7 Å². The first-order chi connectivity index (χ1) is 14.8. The van der Waals surface area contributed by atoms with E-state index in [0.29, 0.717) is 12.1 Å². The second-order valence-electron chi connectivity index (χ2n) is 7.65. The van der Waals surface area contributed by atoms with Gasteiger partial charge in [0.2, 0.25) is 0 Å². The van der Waals surface area contributed by atoms with Gasteiger partial charge in [-0.25, -0.2) is 4.98 Å². The van der Waals surface area contributed by atoms with Crippen LogP contribution in [0.2, 0.25) is 0 Å². The van der Waals surface area contributed by atoms with Crippen molar-refractivity contribution in [1.82, 2.24) is 15.2 Å². The van der Waals surface area contributed by atoms with Crippen molar-refractivity contribution >= 4 is 28.6 Å². The molecule has 1 aliphatic heterocycles. The molecular weight excluding hydrogens is 443 g/mol. The molecule has 0 atom stereocenters. The summed E-state index contributed by atoms with van der Waals surface area (Å²) in [5.74, 6) is -0.00256. The molecule has 1 saturated heterocycles. The Balaban J connectivity index is 1.28. The number of thiophene rings is 1. The number of thiazole rings is 1. The van der Waals surface area contributed by atoms with Crippen molar-refractivity contribution in [3.05, 3.63) is 62.8 Å². The molecule has 31 heavy (non-hydrogen) atoms. The fourth-order valence-electron chi connectivity index (χ4n) is 3.59. The fraction of sp³-hybridized carbons (Fsp3) is 0.364. The van der Waals surface area contributed by atoms with Gasteiger partial charge in [-0.05, 0) is 44.0 Å². The van der Waals surface area contributed by atoms with Gasteiger partial charge in [-0.2, -0.15) is 13.2 Å². The molecule has 164 valence electrons. The minimum absolute atomic E-state index is 0.00256. The topological polar surface area (TPSA) is 45.2 Å². The summed E-state index contributed by atoms with van der Waals surface area (Å²) >= 11 is 2.94. The molecule has 3 aromatic rings. The zero-order chi connectivity index (χ0) is 22.0. The Kier molecular flexibility index (Phi) is 6.45. The average Bonchev–Trinajstić information content (AvgIpc) is 3.38. The Morgan fingerprint density at radius 1 is 1.16 bits per heavy atom. The van der Waals surface area contributed by atoms with Gasteiger partial charge in [0, 0.05) is 41.5 Å². The molecule has 1 N–H and O–H groups in total. The monoisotopic (exact) mass is 465 g/mol. The predicted octanol–water partition coefficient (Wildman–Crippen LogP) is 5.59. The first-order valence-electron chi connectivity index (χ1n) is 9.99. The first kappa shape index (κ1) is 22.0. The Morgan fingerprint density at radius 3 is 2.48 bits per heavy atom. The van der Waals surface area contributed by atoms with Crippen LogP contribution in [0.1, 0.15) is 38.6 Å². The number of nitrogens with one attached hydrogen (secondary N) is 1. The lowest BCUT2D eigenvalue weighted by atomic mass is 10.0. The second-order valence-corrected chi connectivity index (χ2v) is 9.80. The minimum Gasteiger partial charge on any atom is -0.349 e. The molecule has 1 fully saturated rings. The number of nitrogens with zero attached hydrogens (tertiary/aromatic N) is 2. The highest BCUT2D eigenvalue weighted by Crippen LogP contribution is 2.32. The Labute approximate surface area is 186 Å². The summed E-state index contributed by atoms with van der Waals surface area (Å²) in [5, 5.41) is 5.80. The Hall–Kier alpha value is -2.23. The molecule has 4 nitrogen and oxygen atoms in total. The van der Waals surface area contributed by atoms with Crippen LogP contribution in [0.4, 0.5) is 13.2 Å². The number of hydrogen-bond donors (Lipinski definition) is 1. The van der Waals surface area contributed by atoms with Crippen molar-refractivity contribution < 1.29 is 18.0 Å². The molecule has 2 aromatic heterocycles. The van der Waals surface area contributed by atoms with Crippen molar-refractivity contribution in [2.24, 2.45) is 0 Å². The maximum Gasteiger partial charge on any atom is 0.416 e. The molecule has 9 heteroatoms. The van der Waals surface area contributed by atoms with Crippen molar-refractivity contribution in [3.63, 3.8) is 0 Å². The Morgan fingerprint density at radius 2 is 1.87 bits per heavy atom. The van der Waals surface area contributed by atoms with E-state index in [0.717, 1.165) is 58.5 Å². The van der Waals surface area contributed by atoms with Crippen LogP contribution in [-0.4, -0.2) is 34.9 Å². The average molecular weight is 466 g/mol. The summed E-state index contributed by atoms with van der Waals surface area (Å²) in [6.07, 6.45) is -2.57. The number of halogens is 3. The van der Waals surface area contributed by atoms with E-state index in [2.05, 4.69) is 15.2 Å². The predicted molar refractivity (Wildman–Crippen MR) is 117 cm³/mol. The third kappa shape index (κ3) is 5.53. The maximum absolute atomic E-state index is 12.7. The number of piperidine rings is 1. The van der Waals surface area contributed by atoms with Crippen molar-refractivity contribution in [2.75, 3.05) is 13.1 Å². The smallest absolute Gasteiger partial charge is 0.349 e. The minimum atomic E-state index is -4.33. The molecule has 0 radical (unpaired) electrons. The second kappa shape index (κ2) is 9.10. The van der Waals surface area contributed by atoms with E-state index >= 15 is 0 Å². The Bertz CT molecular complexity index is 1030. The highest BCUT2D eigenvalue weighted by molar-refractivity contribution is 7.14. The van der Waals surface area contributed by atoms with Gasteiger partial charge >= 0.3 is 6.18 Å². The number of aromatic nitrogens is 1. The molecule has 0 unspecified atom stereocenters. The van der Waals surface area contributed by atoms with Crippen LogP contribution >= 0.6 is 22.7 Å². The van der Waals surface area contributed by atoms with Crippen molar-refractivity contribution in [3.8, 4) is 10.6 Å². The number of benzene rings is 1. The van der Waals surface area contributed by atoms with Crippen molar-refractivity contribution in [2.45, 2.75) is 38.5 Å². The third-order valence-corrected chi connectivity index (χ3v) is 7.22. The summed E-state index contributed by atoms with van der Waals surface area (Å²) in [4.78, 5) is 21.1. The largest absolute Gasteiger partial charge is 0.416 e. The van der Waals surface area contributed by atoms with Crippen LogP contribution in [0.15, 0.2) is 41.8 Å². The van der Waals surface area contributed by atoms with Gasteiger partial charge in [0.25, 0.3) is 5.91 Å². The van der Waals surface area contributed by atoms with E-state index in [4.69, 9.17) is 0 Å². The van der Waals surface area contributed by atoms with E-state index in [1.807, 2.05) is 24.4 Å². The zero-order valence-corrected chi connectivity index (χ0v) is 18.5. The maximum atomic E-state index is 12.7. The van der Waals surface area contributed by atoms with E-state index in [9.17, 15) is 18.0 Å². The fourth-order valence-corrected chi connectivity index (χ4v) is 5.18. The summed E-state index contributed by atoms with van der Waals surface area (Å²) in [7, 11) is 0. The molecular formula is C22H22F3N3OS2. The van der Waals surface area contributed by atoms with Gasteiger partial charge in [0.15, 0.2) is 0 Å². The number of carbonyl (C=O) groups excluding carboxylic acids is 1. The zero-order valence-electron chi connectivity index (χ0n) is 16.9. The van der Waals surface area contributed by atoms with Crippen LogP contribution in [0, 0.1) is 6.92 Å². The lowest BCUT2D eigenvalue weighted by Crippen LogP contribution is -2.44. The highest BCUT2D eigenvalue weighted by Gasteiger charge is 2.30. The van der Waals surface area contributed by atoms with Gasteiger partial charge in [0.05, 0.1) is 16.1 Å². The third-order valence-electron chi connectivity index (χ3n) is 5.28. The summed E-state index contributed by atoms with van der Waals surface area (Å²) in [6, 6.07) is 9.10. The molecule has 1 aromatic carbocycles. The van der Waals surface area contributed by atoms with Gasteiger partial charge in [0.1, 0.15) is 5.01 Å². The van der Waals surface area contributed by atoms with Crippen LogP contribution in [0.5, 0.6) is 0 Å². The molecule has 0 spiro atoms. The van der Waals surface area contributed by atoms with Gasteiger partial charge in [-0.15, -0.1) is 22.7 Å². The lowest BCUT2D eigenvalue weighted by Gasteiger charge is -2.31. The first-order valence-corrected chi connectivity index (χ1v) is 11.7. The molecule has 0 aliphatic carbocycles. The lowest BCUT2D eigenvalue weighted by molar-refractivity contribution is -0.137. The molecule has 0 bridgehead atoms. The number of amides is 1. The van der Waals surface area contributed by atoms with E-state index in [1.165, 1.54) is 34.8 Å². The molecule has 1 amide bonds. The molecule has 3 heterocycles. The van der Waals surface area contributed by atoms with Crippen LogP contribution < -0.4 is 5.32 Å². The number of rotatable bonds is 5. The van der Waals surface area contributed by atoms with Crippen LogP contribution in [0.25, 0.3) is 10.6 Å². The number of alkyl halides is 3. The quantitative estimate of drug-likeness (QED) is 0.534.